The van der Waals surface area contributed by atoms with Crippen LogP contribution in [0.3, 0.4) is 0 Å². The van der Waals surface area contributed by atoms with E-state index < -0.39 is 23.2 Å². The molecule has 18 heavy (non-hydrogen) atoms. The summed E-state index contributed by atoms with van der Waals surface area (Å²) >= 11 is 0. The molecule has 102 valence electrons. The van der Waals surface area contributed by atoms with E-state index in [1.54, 1.807) is 33.8 Å². The molecule has 0 heterocycles. The Morgan fingerprint density at radius 2 is 2.11 bits per heavy atom. The summed E-state index contributed by atoms with van der Waals surface area (Å²) in [5.74, 6) is -0.523. The molecule has 1 unspecified atom stereocenters. The van der Waals surface area contributed by atoms with E-state index in [0.717, 1.165) is 0 Å². The fraction of sp³-hybridized carbons (Fsp3) is 0.692. The van der Waals surface area contributed by atoms with E-state index in [4.69, 9.17) is 9.47 Å². The van der Waals surface area contributed by atoms with Crippen molar-refractivity contribution >= 4 is 12.1 Å². The third-order valence-corrected chi connectivity index (χ3v) is 2.66. The number of carbonyl (C=O) groups excluding carboxylic acids is 2. The van der Waals surface area contributed by atoms with Gasteiger partial charge in [-0.1, -0.05) is 6.08 Å². The minimum absolute atomic E-state index is 0.0935. The maximum atomic E-state index is 11.9. The number of esters is 1. The van der Waals surface area contributed by atoms with Gasteiger partial charge in [0.2, 0.25) is 0 Å². The smallest absolute Gasteiger partial charge is 0.408 e. The van der Waals surface area contributed by atoms with Gasteiger partial charge in [0.1, 0.15) is 11.1 Å². The lowest BCUT2D eigenvalue weighted by Crippen LogP contribution is -2.47. The van der Waals surface area contributed by atoms with Gasteiger partial charge in [0, 0.05) is 5.92 Å². The molecule has 0 aromatic rings. The zero-order chi connectivity index (χ0) is 14.0. The minimum Gasteiger partial charge on any atom is -0.464 e. The number of rotatable bonds is 4. The van der Waals surface area contributed by atoms with Gasteiger partial charge in [-0.25, -0.2) is 9.59 Å². The largest absolute Gasteiger partial charge is 0.464 e. The van der Waals surface area contributed by atoms with E-state index in [1.807, 2.05) is 0 Å². The highest BCUT2D eigenvalue weighted by Crippen LogP contribution is 2.45. The van der Waals surface area contributed by atoms with Crippen LogP contribution in [0.1, 0.15) is 34.1 Å². The zero-order valence-corrected chi connectivity index (χ0v) is 11.4. The SMILES string of the molecule is C=CC1C[C@]1(NC(=O)OC(C)(C)C)C(=O)OCC. The lowest BCUT2D eigenvalue weighted by molar-refractivity contribution is -0.147. The molecule has 0 radical (unpaired) electrons. The number of hydrogen-bond donors (Lipinski definition) is 1. The van der Waals surface area contributed by atoms with Gasteiger partial charge in [-0.05, 0) is 34.1 Å². The number of alkyl carbamates (subject to hydrolysis) is 1. The maximum Gasteiger partial charge on any atom is 0.408 e. The van der Waals surface area contributed by atoms with Gasteiger partial charge in [0.15, 0.2) is 0 Å². The summed E-state index contributed by atoms with van der Waals surface area (Å²) in [6.45, 7) is 10.9. The first-order valence-electron chi connectivity index (χ1n) is 6.06. The summed E-state index contributed by atoms with van der Waals surface area (Å²) in [5.41, 5.74) is -1.58. The molecule has 1 aliphatic carbocycles. The molecule has 0 saturated heterocycles. The van der Waals surface area contributed by atoms with Crippen LogP contribution in [0.25, 0.3) is 0 Å². The van der Waals surface area contributed by atoms with Crippen molar-refractivity contribution in [3.63, 3.8) is 0 Å². The van der Waals surface area contributed by atoms with Crippen molar-refractivity contribution < 1.29 is 19.1 Å². The third kappa shape index (κ3) is 3.24. The Hall–Kier alpha value is -1.52. The highest BCUT2D eigenvalue weighted by molar-refractivity contribution is 5.90. The number of nitrogens with one attached hydrogen (secondary N) is 1. The molecule has 1 saturated carbocycles. The van der Waals surface area contributed by atoms with Crippen LogP contribution in [0.4, 0.5) is 4.79 Å². The maximum absolute atomic E-state index is 11.9. The monoisotopic (exact) mass is 255 g/mol. The molecule has 1 rings (SSSR count). The fourth-order valence-corrected chi connectivity index (χ4v) is 1.75. The summed E-state index contributed by atoms with van der Waals surface area (Å²) in [6.07, 6.45) is 1.54. The molecule has 2 atom stereocenters. The standard InChI is InChI=1S/C13H21NO4/c1-6-9-8-13(9,10(15)17-7-2)14-11(16)18-12(3,4)5/h6,9H,1,7-8H2,2-5H3,(H,14,16)/t9?,13-/m1/s1. The molecule has 0 bridgehead atoms. The summed E-state index contributed by atoms with van der Waals surface area (Å²) < 4.78 is 10.1. The van der Waals surface area contributed by atoms with Crippen molar-refractivity contribution in [1.29, 1.82) is 0 Å². The Labute approximate surface area is 108 Å². The minimum atomic E-state index is -0.986. The fourth-order valence-electron chi connectivity index (χ4n) is 1.75. The number of hydrogen-bond acceptors (Lipinski definition) is 4. The molecule has 0 aliphatic heterocycles. The van der Waals surface area contributed by atoms with Crippen molar-refractivity contribution in [3.05, 3.63) is 12.7 Å². The Morgan fingerprint density at radius 1 is 1.50 bits per heavy atom. The average molecular weight is 255 g/mol. The van der Waals surface area contributed by atoms with E-state index in [9.17, 15) is 9.59 Å². The molecule has 1 amide bonds. The van der Waals surface area contributed by atoms with Gasteiger partial charge < -0.3 is 14.8 Å². The van der Waals surface area contributed by atoms with Crippen molar-refractivity contribution in [2.24, 2.45) is 5.92 Å². The van der Waals surface area contributed by atoms with Crippen LogP contribution in [0.5, 0.6) is 0 Å². The molecule has 1 aliphatic rings. The van der Waals surface area contributed by atoms with Gasteiger partial charge in [-0.3, -0.25) is 0 Å². The second kappa shape index (κ2) is 5.00. The molecule has 0 aromatic carbocycles. The third-order valence-electron chi connectivity index (χ3n) is 2.66. The lowest BCUT2D eigenvalue weighted by atomic mass is 10.2. The van der Waals surface area contributed by atoms with Gasteiger partial charge in [-0.15, -0.1) is 6.58 Å². The first-order valence-corrected chi connectivity index (χ1v) is 6.06. The normalized spacial score (nSPS) is 26.1. The molecule has 5 nitrogen and oxygen atoms in total. The Bertz CT molecular complexity index is 358. The van der Waals surface area contributed by atoms with E-state index >= 15 is 0 Å². The highest BCUT2D eigenvalue weighted by Gasteiger charge is 2.61. The van der Waals surface area contributed by atoms with Gasteiger partial charge in [-0.2, -0.15) is 0 Å². The summed E-state index contributed by atoms with van der Waals surface area (Å²) in [5, 5.41) is 2.60. The molecule has 1 N–H and O–H groups in total. The van der Waals surface area contributed by atoms with E-state index in [-0.39, 0.29) is 12.5 Å². The molecule has 5 heteroatoms. The van der Waals surface area contributed by atoms with Crippen LogP contribution in [-0.4, -0.2) is 29.8 Å². The van der Waals surface area contributed by atoms with Gasteiger partial charge in [0.25, 0.3) is 0 Å². The van der Waals surface area contributed by atoms with Gasteiger partial charge >= 0.3 is 12.1 Å². The van der Waals surface area contributed by atoms with Crippen molar-refractivity contribution in [2.75, 3.05) is 6.61 Å². The van der Waals surface area contributed by atoms with Crippen LogP contribution >= 0.6 is 0 Å². The second-order valence-electron chi connectivity index (χ2n) is 5.37. The molecule has 0 spiro atoms. The molecular formula is C13H21NO4. The predicted molar refractivity (Wildman–Crippen MR) is 67.0 cm³/mol. The first-order chi connectivity index (χ1) is 8.25. The first kappa shape index (κ1) is 14.5. The Kier molecular flexibility index (Phi) is 4.04. The number of amides is 1. The van der Waals surface area contributed by atoms with Crippen LogP contribution in [0.2, 0.25) is 0 Å². The average Bonchev–Trinajstić information content (AvgIpc) is 2.90. The summed E-state index contributed by atoms with van der Waals surface area (Å²) in [7, 11) is 0. The van der Waals surface area contributed by atoms with Crippen molar-refractivity contribution in [1.82, 2.24) is 5.32 Å². The second-order valence-corrected chi connectivity index (χ2v) is 5.37. The van der Waals surface area contributed by atoms with Crippen LogP contribution in [-0.2, 0) is 14.3 Å². The van der Waals surface area contributed by atoms with Crippen LogP contribution in [0, 0.1) is 5.92 Å². The number of carbonyl (C=O) groups is 2. The van der Waals surface area contributed by atoms with Crippen LogP contribution in [0.15, 0.2) is 12.7 Å². The Balaban J connectivity index is 2.68. The zero-order valence-electron chi connectivity index (χ0n) is 11.4. The predicted octanol–water partition coefficient (Wildman–Crippen LogP) is 2.02. The van der Waals surface area contributed by atoms with Crippen molar-refractivity contribution in [2.45, 2.75) is 45.3 Å². The molecule has 1 fully saturated rings. The van der Waals surface area contributed by atoms with E-state index in [0.29, 0.717) is 6.42 Å². The molecule has 0 aromatic heterocycles. The highest BCUT2D eigenvalue weighted by atomic mass is 16.6. The van der Waals surface area contributed by atoms with Crippen LogP contribution < -0.4 is 5.32 Å². The van der Waals surface area contributed by atoms with E-state index in [2.05, 4.69) is 11.9 Å². The molecular weight excluding hydrogens is 234 g/mol. The quantitative estimate of drug-likeness (QED) is 0.616. The summed E-state index contributed by atoms with van der Waals surface area (Å²) in [6, 6.07) is 0. The Morgan fingerprint density at radius 3 is 2.50 bits per heavy atom. The number of ether oxygens (including phenoxy) is 2. The van der Waals surface area contributed by atoms with Crippen molar-refractivity contribution in [3.8, 4) is 0 Å². The summed E-state index contributed by atoms with van der Waals surface area (Å²) in [4.78, 5) is 23.6. The van der Waals surface area contributed by atoms with Gasteiger partial charge in [0.05, 0.1) is 6.61 Å². The van der Waals surface area contributed by atoms with E-state index in [1.165, 1.54) is 0 Å². The topological polar surface area (TPSA) is 64.6 Å². The lowest BCUT2D eigenvalue weighted by Gasteiger charge is -2.23.